The second kappa shape index (κ2) is 10.3. The number of hydrazone groups is 1. The van der Waals surface area contributed by atoms with Gasteiger partial charge in [0.05, 0.1) is 35.7 Å². The van der Waals surface area contributed by atoms with Crippen LogP contribution in [0.1, 0.15) is 33.7 Å². The molecule has 3 amide bonds. The standard InChI is InChI=1S/C34H26N4O6/c1-44-21-16-14-20(15-17-21)18-28(39)36-35-19-34-24-10-4-2-8-22(24)29(23-9-3-5-11-25(23)34)30-31(34)33(41)37(32(30)40)26-12-6-7-13-27(26)38(42)43/h2-17,19,29-31H,18H2,1H3,(H,36,39)/b35-19+. The van der Waals surface area contributed by atoms with Crippen molar-refractivity contribution in [2.75, 3.05) is 12.0 Å². The van der Waals surface area contributed by atoms with Crippen LogP contribution in [-0.2, 0) is 26.2 Å². The molecule has 1 aliphatic heterocycles. The number of carbonyl (C=O) groups excluding carboxylic acids is 3. The molecule has 10 heteroatoms. The number of amides is 3. The van der Waals surface area contributed by atoms with E-state index in [1.54, 1.807) is 43.7 Å². The van der Waals surface area contributed by atoms with Gasteiger partial charge in [0, 0.05) is 18.2 Å². The second-order valence-corrected chi connectivity index (χ2v) is 11.1. The van der Waals surface area contributed by atoms with E-state index in [1.807, 2.05) is 48.5 Å². The van der Waals surface area contributed by atoms with Gasteiger partial charge in [-0.25, -0.2) is 10.3 Å². The molecule has 10 nitrogen and oxygen atoms in total. The third-order valence-corrected chi connectivity index (χ3v) is 8.98. The van der Waals surface area contributed by atoms with Crippen LogP contribution in [0.25, 0.3) is 0 Å². The van der Waals surface area contributed by atoms with Crippen molar-refractivity contribution >= 4 is 35.3 Å². The molecule has 0 saturated carbocycles. The van der Waals surface area contributed by atoms with E-state index in [0.29, 0.717) is 5.75 Å². The minimum Gasteiger partial charge on any atom is -0.497 e. The number of rotatable bonds is 7. The van der Waals surface area contributed by atoms with Gasteiger partial charge in [-0.15, -0.1) is 0 Å². The maximum Gasteiger partial charge on any atom is 0.293 e. The van der Waals surface area contributed by atoms with Crippen LogP contribution in [0, 0.1) is 22.0 Å². The number of methoxy groups -OCH3 is 1. The Morgan fingerprint density at radius 3 is 2.18 bits per heavy atom. The fourth-order valence-electron chi connectivity index (χ4n) is 7.27. The van der Waals surface area contributed by atoms with Crippen LogP contribution >= 0.6 is 0 Å². The minimum atomic E-state index is -1.22. The van der Waals surface area contributed by atoms with Gasteiger partial charge in [-0.3, -0.25) is 24.5 Å². The average molecular weight is 587 g/mol. The van der Waals surface area contributed by atoms with Crippen LogP contribution in [0.3, 0.4) is 0 Å². The highest BCUT2D eigenvalue weighted by atomic mass is 16.6. The van der Waals surface area contributed by atoms with E-state index in [1.165, 1.54) is 18.2 Å². The average Bonchev–Trinajstić information content (AvgIpc) is 3.31. The summed E-state index contributed by atoms with van der Waals surface area (Å²) in [5.74, 6) is -2.92. The van der Waals surface area contributed by atoms with E-state index in [2.05, 4.69) is 10.5 Å². The zero-order chi connectivity index (χ0) is 30.6. The molecule has 44 heavy (non-hydrogen) atoms. The summed E-state index contributed by atoms with van der Waals surface area (Å²) in [6.07, 6.45) is 1.64. The number of ether oxygens (including phenoxy) is 1. The summed E-state index contributed by atoms with van der Waals surface area (Å²) >= 11 is 0. The Morgan fingerprint density at radius 1 is 0.932 bits per heavy atom. The third kappa shape index (κ3) is 3.87. The number of hydrogen-bond donors (Lipinski definition) is 1. The third-order valence-electron chi connectivity index (χ3n) is 8.98. The molecule has 1 heterocycles. The van der Waals surface area contributed by atoms with E-state index in [-0.39, 0.29) is 23.7 Å². The van der Waals surface area contributed by atoms with E-state index in [0.717, 1.165) is 32.7 Å². The topological polar surface area (TPSA) is 131 Å². The zero-order valence-electron chi connectivity index (χ0n) is 23.5. The summed E-state index contributed by atoms with van der Waals surface area (Å²) in [6, 6.07) is 28.2. The Balaban J connectivity index is 1.34. The van der Waals surface area contributed by atoms with Crippen LogP contribution < -0.4 is 15.1 Å². The summed E-state index contributed by atoms with van der Waals surface area (Å²) in [4.78, 5) is 54.0. The highest BCUT2D eigenvalue weighted by Gasteiger charge is 2.68. The summed E-state index contributed by atoms with van der Waals surface area (Å²) in [6.45, 7) is 0. The first kappa shape index (κ1) is 27.2. The molecule has 218 valence electrons. The first-order chi connectivity index (χ1) is 21.4. The van der Waals surface area contributed by atoms with Gasteiger partial charge in [-0.2, -0.15) is 5.10 Å². The van der Waals surface area contributed by atoms with Crippen molar-refractivity contribution in [2.24, 2.45) is 16.9 Å². The molecule has 3 aliphatic carbocycles. The number of nitro benzene ring substituents is 1. The van der Waals surface area contributed by atoms with Crippen molar-refractivity contribution in [3.63, 3.8) is 0 Å². The van der Waals surface area contributed by atoms with Gasteiger partial charge >= 0.3 is 0 Å². The van der Waals surface area contributed by atoms with Gasteiger partial charge in [0.2, 0.25) is 17.7 Å². The number of nitrogens with one attached hydrogen (secondary N) is 1. The second-order valence-electron chi connectivity index (χ2n) is 11.1. The molecule has 0 spiro atoms. The van der Waals surface area contributed by atoms with Crippen LogP contribution in [0.2, 0.25) is 0 Å². The van der Waals surface area contributed by atoms with Gasteiger partial charge in [0.25, 0.3) is 5.69 Å². The molecular weight excluding hydrogens is 560 g/mol. The number of nitrogens with zero attached hydrogens (tertiary/aromatic N) is 3. The van der Waals surface area contributed by atoms with Gasteiger partial charge in [-0.05, 0) is 46.0 Å². The number of carbonyl (C=O) groups is 3. The van der Waals surface area contributed by atoms with E-state index >= 15 is 0 Å². The van der Waals surface area contributed by atoms with Gasteiger partial charge < -0.3 is 4.74 Å². The largest absolute Gasteiger partial charge is 0.497 e. The molecule has 2 bridgehead atoms. The van der Waals surface area contributed by atoms with Crippen LogP contribution in [-0.4, -0.2) is 36.0 Å². The predicted molar refractivity (Wildman–Crippen MR) is 161 cm³/mol. The van der Waals surface area contributed by atoms with Crippen molar-refractivity contribution in [1.29, 1.82) is 0 Å². The molecule has 2 atom stereocenters. The molecule has 0 radical (unpaired) electrons. The first-order valence-electron chi connectivity index (χ1n) is 14.1. The highest BCUT2D eigenvalue weighted by Crippen LogP contribution is 2.63. The smallest absolute Gasteiger partial charge is 0.293 e. The van der Waals surface area contributed by atoms with Crippen molar-refractivity contribution < 1.29 is 24.0 Å². The molecular formula is C34H26N4O6. The lowest BCUT2D eigenvalue weighted by molar-refractivity contribution is -0.384. The van der Waals surface area contributed by atoms with Crippen LogP contribution in [0.5, 0.6) is 5.75 Å². The molecule has 4 aromatic rings. The SMILES string of the molecule is COc1ccc(CC(=O)N/N=C/C23c4ccccc4C(c4ccccc42)C2C(=O)N(c4ccccc4[N+](=O)[O-])C(=O)C23)cc1. The quantitative estimate of drug-likeness (QED) is 0.147. The number of anilines is 1. The molecule has 1 saturated heterocycles. The first-order valence-corrected chi connectivity index (χ1v) is 14.1. The number of para-hydroxylation sites is 2. The van der Waals surface area contributed by atoms with Gasteiger partial charge in [0.15, 0.2) is 0 Å². The number of nitro groups is 1. The molecule has 0 aromatic heterocycles. The molecule has 4 aromatic carbocycles. The maximum atomic E-state index is 14.5. The van der Waals surface area contributed by atoms with Gasteiger partial charge in [-0.1, -0.05) is 72.8 Å². The molecule has 1 N–H and O–H groups in total. The van der Waals surface area contributed by atoms with Crippen molar-refractivity contribution in [1.82, 2.24) is 5.43 Å². The summed E-state index contributed by atoms with van der Waals surface area (Å²) in [7, 11) is 1.57. The van der Waals surface area contributed by atoms with Crippen LogP contribution in [0.15, 0.2) is 102 Å². The van der Waals surface area contributed by atoms with E-state index < -0.39 is 39.9 Å². The lowest BCUT2D eigenvalue weighted by atomic mass is 9.47. The number of imide groups is 1. The van der Waals surface area contributed by atoms with E-state index in [9.17, 15) is 24.5 Å². The predicted octanol–water partition coefficient (Wildman–Crippen LogP) is 4.50. The lowest BCUT2D eigenvalue weighted by Gasteiger charge is -2.52. The Bertz CT molecular complexity index is 1840. The van der Waals surface area contributed by atoms with Gasteiger partial charge in [0.1, 0.15) is 11.4 Å². The fraction of sp³-hybridized carbons (Fsp3) is 0.176. The van der Waals surface area contributed by atoms with Crippen molar-refractivity contribution in [3.8, 4) is 5.75 Å². The summed E-state index contributed by atoms with van der Waals surface area (Å²) < 4.78 is 5.18. The summed E-state index contributed by atoms with van der Waals surface area (Å²) in [5, 5.41) is 16.3. The normalized spacial score (nSPS) is 22.8. The monoisotopic (exact) mass is 586 g/mol. The van der Waals surface area contributed by atoms with Crippen molar-refractivity contribution in [2.45, 2.75) is 17.8 Å². The highest BCUT2D eigenvalue weighted by molar-refractivity contribution is 6.25. The van der Waals surface area contributed by atoms with E-state index in [4.69, 9.17) is 4.74 Å². The summed E-state index contributed by atoms with van der Waals surface area (Å²) in [5.41, 5.74) is 5.16. The molecule has 1 fully saturated rings. The van der Waals surface area contributed by atoms with Crippen molar-refractivity contribution in [3.05, 3.63) is 135 Å². The number of hydrogen-bond acceptors (Lipinski definition) is 7. The number of benzene rings is 4. The Labute approximate surface area is 252 Å². The molecule has 8 rings (SSSR count). The Hall–Kier alpha value is -5.64. The van der Waals surface area contributed by atoms with Crippen LogP contribution in [0.4, 0.5) is 11.4 Å². The minimum absolute atomic E-state index is 0.0608. The Kier molecular flexibility index (Phi) is 6.35. The molecule has 2 unspecified atom stereocenters. The lowest BCUT2D eigenvalue weighted by Crippen LogP contribution is -2.54. The maximum absolute atomic E-state index is 14.5. The Morgan fingerprint density at radius 2 is 1.55 bits per heavy atom. The molecule has 4 aliphatic rings. The fourth-order valence-corrected chi connectivity index (χ4v) is 7.27. The zero-order valence-corrected chi connectivity index (χ0v) is 23.5.